The number of hydrogen-bond donors (Lipinski definition) is 1. The molecule has 0 heterocycles. The molecule has 0 radical (unpaired) electrons. The van der Waals surface area contributed by atoms with Crippen molar-refractivity contribution < 1.29 is 9.84 Å². The molecule has 0 amide bonds. The molecule has 2 rings (SSSR count). The summed E-state index contributed by atoms with van der Waals surface area (Å²) in [6.07, 6.45) is -0.418. The molecular formula is C16H16Cl2O2. The van der Waals surface area contributed by atoms with Crippen LogP contribution in [0.4, 0.5) is 0 Å². The maximum atomic E-state index is 10.2. The fraction of sp³-hybridized carbons (Fsp3) is 0.250. The first-order chi connectivity index (χ1) is 9.54. The quantitative estimate of drug-likeness (QED) is 0.889. The Balaban J connectivity index is 1.94. The zero-order valence-corrected chi connectivity index (χ0v) is 12.6. The average Bonchev–Trinajstić information content (AvgIpc) is 2.41. The van der Waals surface area contributed by atoms with Crippen molar-refractivity contribution in [3.8, 4) is 5.75 Å². The lowest BCUT2D eigenvalue weighted by molar-refractivity contribution is 0.0479. The molecule has 0 aliphatic heterocycles. The van der Waals surface area contributed by atoms with Crippen molar-refractivity contribution in [2.45, 2.75) is 25.6 Å². The predicted octanol–water partition coefficient (Wildman–Crippen LogP) is 4.36. The molecular weight excluding hydrogens is 295 g/mol. The van der Waals surface area contributed by atoms with Crippen LogP contribution >= 0.6 is 23.2 Å². The minimum Gasteiger partial charge on any atom is -0.488 e. The number of aliphatic hydroxyl groups is 1. The first kappa shape index (κ1) is 15.2. The molecule has 2 nitrogen and oxygen atoms in total. The van der Waals surface area contributed by atoms with E-state index in [1.165, 1.54) is 0 Å². The van der Waals surface area contributed by atoms with E-state index in [0.717, 1.165) is 5.56 Å². The van der Waals surface area contributed by atoms with E-state index in [-0.39, 0.29) is 6.10 Å². The summed E-state index contributed by atoms with van der Waals surface area (Å²) in [5.74, 6) is 0.653. The van der Waals surface area contributed by atoms with Gasteiger partial charge in [-0.2, -0.15) is 0 Å². The van der Waals surface area contributed by atoms with Gasteiger partial charge in [0, 0.05) is 16.5 Å². The number of aliphatic hydroxyl groups excluding tert-OH is 1. The van der Waals surface area contributed by atoms with Crippen molar-refractivity contribution in [1.29, 1.82) is 0 Å². The summed E-state index contributed by atoms with van der Waals surface area (Å²) in [5.41, 5.74) is 1.02. The lowest BCUT2D eigenvalue weighted by Gasteiger charge is -2.20. The Hall–Kier alpha value is -1.22. The summed E-state index contributed by atoms with van der Waals surface area (Å²) in [6.45, 7) is 1.83. The van der Waals surface area contributed by atoms with Gasteiger partial charge < -0.3 is 9.84 Å². The molecule has 2 atom stereocenters. The van der Waals surface area contributed by atoms with Crippen molar-refractivity contribution in [2.75, 3.05) is 0 Å². The smallest absolute Gasteiger partial charge is 0.122 e. The van der Waals surface area contributed by atoms with Crippen molar-refractivity contribution in [1.82, 2.24) is 0 Å². The topological polar surface area (TPSA) is 29.5 Å². The number of halogens is 2. The van der Waals surface area contributed by atoms with Crippen LogP contribution in [0.3, 0.4) is 0 Å². The standard InChI is InChI=1S/C16H16Cl2O2/c1-11(20-15-4-2-3-14(18)10-15)16(19)9-12-5-7-13(17)8-6-12/h2-8,10-11,16,19H,9H2,1H3. The maximum Gasteiger partial charge on any atom is 0.122 e. The van der Waals surface area contributed by atoms with Gasteiger partial charge in [-0.05, 0) is 42.8 Å². The van der Waals surface area contributed by atoms with Gasteiger partial charge in [-0.15, -0.1) is 0 Å². The van der Waals surface area contributed by atoms with Crippen molar-refractivity contribution >= 4 is 23.2 Å². The van der Waals surface area contributed by atoms with Gasteiger partial charge in [0.1, 0.15) is 11.9 Å². The van der Waals surface area contributed by atoms with Gasteiger partial charge in [-0.25, -0.2) is 0 Å². The van der Waals surface area contributed by atoms with Gasteiger partial charge in [0.15, 0.2) is 0 Å². The Labute approximate surface area is 128 Å². The minimum absolute atomic E-state index is 0.329. The summed E-state index contributed by atoms with van der Waals surface area (Å²) < 4.78 is 5.69. The fourth-order valence-electron chi connectivity index (χ4n) is 1.86. The highest BCUT2D eigenvalue weighted by molar-refractivity contribution is 6.30. The van der Waals surface area contributed by atoms with Gasteiger partial charge in [-0.1, -0.05) is 41.4 Å². The number of benzene rings is 2. The highest BCUT2D eigenvalue weighted by Gasteiger charge is 2.16. The molecule has 0 aliphatic carbocycles. The molecule has 2 unspecified atom stereocenters. The van der Waals surface area contributed by atoms with Crippen LogP contribution in [0.1, 0.15) is 12.5 Å². The molecule has 20 heavy (non-hydrogen) atoms. The van der Waals surface area contributed by atoms with Gasteiger partial charge in [0.2, 0.25) is 0 Å². The van der Waals surface area contributed by atoms with Crippen molar-refractivity contribution in [3.63, 3.8) is 0 Å². The second kappa shape index (κ2) is 6.98. The fourth-order valence-corrected chi connectivity index (χ4v) is 2.17. The van der Waals surface area contributed by atoms with E-state index in [2.05, 4.69) is 0 Å². The molecule has 2 aromatic carbocycles. The Kier molecular flexibility index (Phi) is 5.30. The molecule has 4 heteroatoms. The summed E-state index contributed by atoms with van der Waals surface area (Å²) in [4.78, 5) is 0. The minimum atomic E-state index is -0.602. The summed E-state index contributed by atoms with van der Waals surface area (Å²) in [7, 11) is 0. The Morgan fingerprint density at radius 3 is 2.40 bits per heavy atom. The van der Waals surface area contributed by atoms with Crippen LogP contribution in [-0.4, -0.2) is 17.3 Å². The first-order valence-electron chi connectivity index (χ1n) is 6.39. The van der Waals surface area contributed by atoms with E-state index in [4.69, 9.17) is 27.9 Å². The Morgan fingerprint density at radius 2 is 1.75 bits per heavy atom. The average molecular weight is 311 g/mol. The van der Waals surface area contributed by atoms with Gasteiger partial charge in [-0.3, -0.25) is 0 Å². The monoisotopic (exact) mass is 310 g/mol. The molecule has 0 fully saturated rings. The third-order valence-corrected chi connectivity index (χ3v) is 3.51. The first-order valence-corrected chi connectivity index (χ1v) is 7.15. The molecule has 0 bridgehead atoms. The van der Waals surface area contributed by atoms with Crippen LogP contribution < -0.4 is 4.74 Å². The van der Waals surface area contributed by atoms with E-state index in [1.54, 1.807) is 12.1 Å². The van der Waals surface area contributed by atoms with Crippen LogP contribution in [0.15, 0.2) is 48.5 Å². The largest absolute Gasteiger partial charge is 0.488 e. The Morgan fingerprint density at radius 1 is 1.05 bits per heavy atom. The van der Waals surface area contributed by atoms with E-state index in [1.807, 2.05) is 43.3 Å². The summed E-state index contributed by atoms with van der Waals surface area (Å²) in [6, 6.07) is 14.6. The normalized spacial score (nSPS) is 13.8. The second-order valence-corrected chi connectivity index (χ2v) is 5.55. The molecule has 0 spiro atoms. The molecule has 0 saturated heterocycles. The van der Waals surface area contributed by atoms with Crippen LogP contribution in [-0.2, 0) is 6.42 Å². The van der Waals surface area contributed by atoms with Crippen LogP contribution in [0, 0.1) is 0 Å². The van der Waals surface area contributed by atoms with E-state index in [0.29, 0.717) is 22.2 Å². The number of rotatable bonds is 5. The molecule has 2 aromatic rings. The van der Waals surface area contributed by atoms with Crippen molar-refractivity contribution in [2.24, 2.45) is 0 Å². The van der Waals surface area contributed by atoms with Gasteiger partial charge >= 0.3 is 0 Å². The van der Waals surface area contributed by atoms with Crippen LogP contribution in [0.5, 0.6) is 5.75 Å². The molecule has 106 valence electrons. The Bertz CT molecular complexity index is 555. The second-order valence-electron chi connectivity index (χ2n) is 4.68. The van der Waals surface area contributed by atoms with Crippen LogP contribution in [0.25, 0.3) is 0 Å². The molecule has 0 aromatic heterocycles. The van der Waals surface area contributed by atoms with Crippen molar-refractivity contribution in [3.05, 3.63) is 64.1 Å². The molecule has 0 saturated carbocycles. The maximum absolute atomic E-state index is 10.2. The van der Waals surface area contributed by atoms with E-state index in [9.17, 15) is 5.11 Å². The zero-order chi connectivity index (χ0) is 14.5. The third kappa shape index (κ3) is 4.41. The zero-order valence-electron chi connectivity index (χ0n) is 11.1. The summed E-state index contributed by atoms with van der Waals surface area (Å²) in [5, 5.41) is 11.5. The highest BCUT2D eigenvalue weighted by Crippen LogP contribution is 2.20. The lowest BCUT2D eigenvalue weighted by Crippen LogP contribution is -2.30. The highest BCUT2D eigenvalue weighted by atomic mass is 35.5. The SMILES string of the molecule is CC(Oc1cccc(Cl)c1)C(O)Cc1ccc(Cl)cc1. The van der Waals surface area contributed by atoms with Gasteiger partial charge in [0.25, 0.3) is 0 Å². The lowest BCUT2D eigenvalue weighted by atomic mass is 10.0. The molecule has 0 aliphatic rings. The summed E-state index contributed by atoms with van der Waals surface area (Å²) >= 11 is 11.7. The van der Waals surface area contributed by atoms with E-state index >= 15 is 0 Å². The molecule has 1 N–H and O–H groups in total. The number of ether oxygens (including phenoxy) is 1. The third-order valence-electron chi connectivity index (χ3n) is 3.02. The number of hydrogen-bond acceptors (Lipinski definition) is 2. The van der Waals surface area contributed by atoms with Gasteiger partial charge in [0.05, 0.1) is 6.10 Å². The van der Waals surface area contributed by atoms with E-state index < -0.39 is 6.10 Å². The predicted molar refractivity (Wildman–Crippen MR) is 82.7 cm³/mol. The van der Waals surface area contributed by atoms with Crippen LogP contribution in [0.2, 0.25) is 10.0 Å².